The van der Waals surface area contributed by atoms with Crippen molar-refractivity contribution in [3.05, 3.63) is 29.3 Å². The van der Waals surface area contributed by atoms with Crippen LogP contribution in [0.1, 0.15) is 55.0 Å². The number of aryl methyl sites for hydroxylation is 1. The maximum Gasteiger partial charge on any atom is 0.224 e. The molecule has 0 bridgehead atoms. The van der Waals surface area contributed by atoms with E-state index in [1.807, 2.05) is 6.07 Å². The van der Waals surface area contributed by atoms with Gasteiger partial charge in [0.05, 0.1) is 0 Å². The van der Waals surface area contributed by atoms with Gasteiger partial charge >= 0.3 is 0 Å². The quantitative estimate of drug-likeness (QED) is 0.625. The van der Waals surface area contributed by atoms with Crippen molar-refractivity contribution in [1.29, 1.82) is 0 Å². The van der Waals surface area contributed by atoms with Crippen molar-refractivity contribution in [3.8, 4) is 0 Å². The zero-order chi connectivity index (χ0) is 13.0. The molecule has 1 heterocycles. The average molecular weight is 310 g/mol. The number of hydrogen-bond donors (Lipinski definition) is 1. The van der Waals surface area contributed by atoms with Crippen LogP contribution in [0.15, 0.2) is 18.2 Å². The van der Waals surface area contributed by atoms with E-state index < -0.39 is 0 Å². The van der Waals surface area contributed by atoms with Gasteiger partial charge in [0.2, 0.25) is 5.91 Å². The van der Waals surface area contributed by atoms with Crippen molar-refractivity contribution in [2.45, 2.75) is 50.3 Å². The van der Waals surface area contributed by atoms with E-state index >= 15 is 0 Å². The summed E-state index contributed by atoms with van der Waals surface area (Å²) in [4.78, 5) is 11.7. The third-order valence-electron chi connectivity index (χ3n) is 3.45. The van der Waals surface area contributed by atoms with Gasteiger partial charge < -0.3 is 5.32 Å². The van der Waals surface area contributed by atoms with Crippen molar-refractivity contribution in [2.75, 3.05) is 5.32 Å². The van der Waals surface area contributed by atoms with Gasteiger partial charge in [0.15, 0.2) is 0 Å². The van der Waals surface area contributed by atoms with E-state index in [-0.39, 0.29) is 5.91 Å². The molecule has 0 radical (unpaired) electrons. The molecule has 0 saturated carbocycles. The third-order valence-corrected chi connectivity index (χ3v) is 4.43. The second kappa shape index (κ2) is 6.37. The second-order valence-corrected chi connectivity index (χ2v) is 6.03. The van der Waals surface area contributed by atoms with Gasteiger partial charge in [-0.3, -0.25) is 4.79 Å². The minimum atomic E-state index is 0.133. The highest BCUT2D eigenvalue weighted by Crippen LogP contribution is 2.32. The molecule has 0 aromatic heterocycles. The van der Waals surface area contributed by atoms with Crippen LogP contribution in [-0.2, 0) is 11.2 Å². The highest BCUT2D eigenvalue weighted by Gasteiger charge is 2.16. The molecule has 1 unspecified atom stereocenters. The van der Waals surface area contributed by atoms with E-state index in [1.165, 1.54) is 36.8 Å². The smallest absolute Gasteiger partial charge is 0.224 e. The van der Waals surface area contributed by atoms with Gasteiger partial charge in [-0.15, -0.1) is 0 Å². The number of carbonyl (C=O) groups is 1. The van der Waals surface area contributed by atoms with Gasteiger partial charge in [-0.25, -0.2) is 0 Å². The Morgan fingerprint density at radius 2 is 2.17 bits per heavy atom. The number of rotatable bonds is 5. The highest BCUT2D eigenvalue weighted by molar-refractivity contribution is 9.09. The fraction of sp³-hybridized carbons (Fsp3) is 0.533. The molecule has 0 aliphatic carbocycles. The number of amides is 1. The van der Waals surface area contributed by atoms with Crippen LogP contribution in [0.5, 0.6) is 0 Å². The summed E-state index contributed by atoms with van der Waals surface area (Å²) in [5.41, 5.74) is 3.59. The van der Waals surface area contributed by atoms with E-state index in [2.05, 4.69) is 40.3 Å². The molecule has 1 aromatic carbocycles. The Morgan fingerprint density at radius 1 is 1.33 bits per heavy atom. The summed E-state index contributed by atoms with van der Waals surface area (Å²) in [5.74, 6) is 0.133. The minimum absolute atomic E-state index is 0.133. The standard InChI is InChI=1S/C15H20BrNO/c1-2-3-4-5-13(16)11-6-8-14-12(10-11)7-9-15(18)17-14/h6,8,10,13H,2-5,7,9H2,1H3,(H,17,18). The number of nitrogens with one attached hydrogen (secondary N) is 1. The Labute approximate surface area is 117 Å². The summed E-state index contributed by atoms with van der Waals surface area (Å²) < 4.78 is 0. The molecule has 0 spiro atoms. The molecule has 1 aliphatic rings. The Balaban J connectivity index is 2.04. The molecule has 1 aliphatic heterocycles. The van der Waals surface area contributed by atoms with Crippen LogP contribution in [0.25, 0.3) is 0 Å². The van der Waals surface area contributed by atoms with Crippen LogP contribution >= 0.6 is 15.9 Å². The zero-order valence-electron chi connectivity index (χ0n) is 10.8. The second-order valence-electron chi connectivity index (χ2n) is 4.93. The lowest BCUT2D eigenvalue weighted by molar-refractivity contribution is -0.116. The van der Waals surface area contributed by atoms with E-state index in [1.54, 1.807) is 0 Å². The maximum absolute atomic E-state index is 11.3. The molecule has 1 atom stereocenters. The van der Waals surface area contributed by atoms with E-state index in [0.29, 0.717) is 11.2 Å². The SMILES string of the molecule is CCCCCC(Br)c1ccc2c(c1)CCC(=O)N2. The molecule has 1 aromatic rings. The zero-order valence-corrected chi connectivity index (χ0v) is 12.4. The van der Waals surface area contributed by atoms with Crippen LogP contribution in [0, 0.1) is 0 Å². The molecule has 2 nitrogen and oxygen atoms in total. The first-order valence-electron chi connectivity index (χ1n) is 6.77. The van der Waals surface area contributed by atoms with Crippen molar-refractivity contribution in [1.82, 2.24) is 0 Å². The van der Waals surface area contributed by atoms with E-state index in [4.69, 9.17) is 0 Å². The van der Waals surface area contributed by atoms with Crippen molar-refractivity contribution in [2.24, 2.45) is 0 Å². The number of halogens is 1. The number of alkyl halides is 1. The lowest BCUT2D eigenvalue weighted by Crippen LogP contribution is -2.19. The molecule has 18 heavy (non-hydrogen) atoms. The molecular formula is C15H20BrNO. The summed E-state index contributed by atoms with van der Waals surface area (Å²) in [6, 6.07) is 6.39. The molecule has 0 fully saturated rings. The number of anilines is 1. The number of fused-ring (bicyclic) bond motifs is 1. The predicted molar refractivity (Wildman–Crippen MR) is 79.2 cm³/mol. The van der Waals surface area contributed by atoms with E-state index in [9.17, 15) is 4.79 Å². The van der Waals surface area contributed by atoms with Crippen LogP contribution in [0.2, 0.25) is 0 Å². The van der Waals surface area contributed by atoms with E-state index in [0.717, 1.165) is 12.1 Å². The highest BCUT2D eigenvalue weighted by atomic mass is 79.9. The van der Waals surface area contributed by atoms with Gasteiger partial charge in [0, 0.05) is 16.9 Å². The van der Waals surface area contributed by atoms with Gasteiger partial charge in [0.1, 0.15) is 0 Å². The van der Waals surface area contributed by atoms with Gasteiger partial charge in [-0.05, 0) is 30.0 Å². The monoisotopic (exact) mass is 309 g/mol. The molecule has 98 valence electrons. The maximum atomic E-state index is 11.3. The van der Waals surface area contributed by atoms with Gasteiger partial charge in [-0.2, -0.15) is 0 Å². The summed E-state index contributed by atoms with van der Waals surface area (Å²) >= 11 is 3.77. The van der Waals surface area contributed by atoms with Crippen molar-refractivity contribution >= 4 is 27.5 Å². The van der Waals surface area contributed by atoms with Crippen LogP contribution < -0.4 is 5.32 Å². The summed E-state index contributed by atoms with van der Waals surface area (Å²) in [7, 11) is 0. The van der Waals surface area contributed by atoms with Crippen LogP contribution in [-0.4, -0.2) is 5.91 Å². The first-order valence-corrected chi connectivity index (χ1v) is 7.69. The first kappa shape index (κ1) is 13.6. The molecule has 1 amide bonds. The molecule has 0 saturated heterocycles. The molecule has 3 heteroatoms. The Kier molecular flexibility index (Phi) is 4.81. The minimum Gasteiger partial charge on any atom is -0.326 e. The Hall–Kier alpha value is -0.830. The molecular weight excluding hydrogens is 290 g/mol. The summed E-state index contributed by atoms with van der Waals surface area (Å²) in [6.07, 6.45) is 6.47. The van der Waals surface area contributed by atoms with Gasteiger partial charge in [-0.1, -0.05) is 54.2 Å². The number of benzene rings is 1. The topological polar surface area (TPSA) is 29.1 Å². The van der Waals surface area contributed by atoms with Crippen molar-refractivity contribution in [3.63, 3.8) is 0 Å². The third kappa shape index (κ3) is 3.35. The van der Waals surface area contributed by atoms with Crippen LogP contribution in [0.4, 0.5) is 5.69 Å². The lowest BCUT2D eigenvalue weighted by Gasteiger charge is -2.19. The number of hydrogen-bond acceptors (Lipinski definition) is 1. The van der Waals surface area contributed by atoms with Crippen molar-refractivity contribution < 1.29 is 4.79 Å². The number of carbonyl (C=O) groups excluding carboxylic acids is 1. The Morgan fingerprint density at radius 3 is 2.94 bits per heavy atom. The van der Waals surface area contributed by atoms with Crippen LogP contribution in [0.3, 0.4) is 0 Å². The number of unbranched alkanes of at least 4 members (excludes halogenated alkanes) is 2. The fourth-order valence-electron chi connectivity index (χ4n) is 2.34. The summed E-state index contributed by atoms with van der Waals surface area (Å²) in [5, 5.41) is 2.92. The summed E-state index contributed by atoms with van der Waals surface area (Å²) in [6.45, 7) is 2.23. The first-order chi connectivity index (χ1) is 8.70. The molecule has 2 rings (SSSR count). The molecule has 1 N–H and O–H groups in total. The Bertz CT molecular complexity index is 431. The average Bonchev–Trinajstić information content (AvgIpc) is 2.38. The lowest BCUT2D eigenvalue weighted by atomic mass is 9.98. The largest absolute Gasteiger partial charge is 0.326 e. The van der Waals surface area contributed by atoms with Gasteiger partial charge in [0.25, 0.3) is 0 Å². The predicted octanol–water partition coefficient (Wildman–Crippen LogP) is 4.59. The normalized spacial score (nSPS) is 16.0. The fourth-order valence-corrected chi connectivity index (χ4v) is 2.95.